The van der Waals surface area contributed by atoms with E-state index in [9.17, 15) is 5.11 Å². The van der Waals surface area contributed by atoms with Crippen LogP contribution in [0.3, 0.4) is 0 Å². The predicted molar refractivity (Wildman–Crippen MR) is 96.0 cm³/mol. The number of aliphatic hydroxyl groups excluding tert-OH is 1. The molecular formula is C18H22N6O. The summed E-state index contributed by atoms with van der Waals surface area (Å²) in [5.41, 5.74) is 9.50. The molecule has 0 bridgehead atoms. The Balaban J connectivity index is 1.49. The highest BCUT2D eigenvalue weighted by Gasteiger charge is 2.19. The van der Waals surface area contributed by atoms with E-state index < -0.39 is 0 Å². The molecule has 1 aliphatic rings. The highest BCUT2D eigenvalue weighted by molar-refractivity contribution is 5.84. The number of anilines is 1. The number of pyridine rings is 1. The first-order chi connectivity index (χ1) is 12.2. The Kier molecular flexibility index (Phi) is 4.33. The van der Waals surface area contributed by atoms with Crippen molar-refractivity contribution in [1.29, 1.82) is 0 Å². The first-order valence-electron chi connectivity index (χ1n) is 8.65. The summed E-state index contributed by atoms with van der Waals surface area (Å²) < 4.78 is 1.74. The van der Waals surface area contributed by atoms with E-state index in [0.717, 1.165) is 61.4 Å². The van der Waals surface area contributed by atoms with Crippen molar-refractivity contribution < 1.29 is 5.11 Å². The van der Waals surface area contributed by atoms with E-state index in [0.29, 0.717) is 5.82 Å². The van der Waals surface area contributed by atoms with E-state index in [1.807, 2.05) is 30.6 Å². The van der Waals surface area contributed by atoms with E-state index in [1.165, 1.54) is 0 Å². The van der Waals surface area contributed by atoms with Gasteiger partial charge in [-0.2, -0.15) is 0 Å². The number of hydrogen-bond donors (Lipinski definition) is 2. The van der Waals surface area contributed by atoms with Crippen molar-refractivity contribution in [2.45, 2.75) is 25.4 Å². The number of β-amino-alcohol motifs (C(OH)–C–C–N with tert-alkyl or cyclic N) is 1. The highest BCUT2D eigenvalue weighted by atomic mass is 16.3. The predicted octanol–water partition coefficient (Wildman–Crippen LogP) is 1.37. The number of hydrogen-bond acceptors (Lipinski definition) is 6. The van der Waals surface area contributed by atoms with Gasteiger partial charge in [0.15, 0.2) is 11.5 Å². The maximum absolute atomic E-state index is 9.58. The molecule has 3 N–H and O–H groups in total. The molecule has 1 aliphatic heterocycles. The molecule has 1 fully saturated rings. The Hall–Kier alpha value is -2.51. The van der Waals surface area contributed by atoms with Gasteiger partial charge in [0.25, 0.3) is 0 Å². The summed E-state index contributed by atoms with van der Waals surface area (Å²) in [6, 6.07) is 5.71. The Bertz CT molecular complexity index is 863. The monoisotopic (exact) mass is 338 g/mol. The molecule has 3 aromatic rings. The smallest absolute Gasteiger partial charge is 0.166 e. The van der Waals surface area contributed by atoms with E-state index in [2.05, 4.69) is 20.0 Å². The number of nitrogen functional groups attached to an aromatic ring is 1. The average molecular weight is 338 g/mol. The maximum Gasteiger partial charge on any atom is 0.166 e. The number of rotatable bonds is 5. The molecule has 1 saturated heterocycles. The van der Waals surface area contributed by atoms with Crippen LogP contribution in [0.5, 0.6) is 0 Å². The minimum atomic E-state index is -0.157. The molecule has 0 saturated carbocycles. The fraction of sp³-hybridized carbons (Fsp3) is 0.389. The van der Waals surface area contributed by atoms with Crippen LogP contribution in [0.25, 0.3) is 16.9 Å². The van der Waals surface area contributed by atoms with E-state index in [4.69, 9.17) is 5.73 Å². The van der Waals surface area contributed by atoms with Gasteiger partial charge in [-0.1, -0.05) is 6.07 Å². The molecule has 0 aromatic carbocycles. The van der Waals surface area contributed by atoms with Crippen molar-refractivity contribution in [3.8, 4) is 11.3 Å². The second-order valence-corrected chi connectivity index (χ2v) is 6.55. The molecule has 7 nitrogen and oxygen atoms in total. The molecule has 0 radical (unpaired) electrons. The van der Waals surface area contributed by atoms with Crippen LogP contribution in [0.4, 0.5) is 5.82 Å². The van der Waals surface area contributed by atoms with Crippen molar-refractivity contribution in [3.05, 3.63) is 42.4 Å². The number of nitrogens with zero attached hydrogens (tertiary/aromatic N) is 5. The summed E-state index contributed by atoms with van der Waals surface area (Å²) in [6.07, 6.45) is 8.30. The minimum absolute atomic E-state index is 0.157. The van der Waals surface area contributed by atoms with Crippen LogP contribution < -0.4 is 5.73 Å². The third kappa shape index (κ3) is 3.33. The zero-order valence-electron chi connectivity index (χ0n) is 14.0. The number of fused-ring (bicyclic) bond motifs is 1. The molecule has 0 aliphatic carbocycles. The van der Waals surface area contributed by atoms with Gasteiger partial charge in [0.05, 0.1) is 17.4 Å². The number of likely N-dealkylation sites (tertiary alicyclic amines) is 1. The van der Waals surface area contributed by atoms with E-state index in [1.54, 1.807) is 10.7 Å². The van der Waals surface area contributed by atoms with Crippen molar-refractivity contribution in [1.82, 2.24) is 24.5 Å². The second kappa shape index (κ2) is 6.78. The van der Waals surface area contributed by atoms with Gasteiger partial charge in [-0.3, -0.25) is 4.98 Å². The number of aliphatic hydroxyl groups is 1. The van der Waals surface area contributed by atoms with Crippen molar-refractivity contribution in [2.75, 3.05) is 25.4 Å². The van der Waals surface area contributed by atoms with E-state index in [-0.39, 0.29) is 6.10 Å². The van der Waals surface area contributed by atoms with Gasteiger partial charge in [0, 0.05) is 31.7 Å². The summed E-state index contributed by atoms with van der Waals surface area (Å²) in [6.45, 7) is 2.78. The quantitative estimate of drug-likeness (QED) is 0.730. The molecule has 0 unspecified atom stereocenters. The normalized spacial score (nSPS) is 18.2. The van der Waals surface area contributed by atoms with Crippen LogP contribution in [-0.2, 0) is 6.42 Å². The fourth-order valence-electron chi connectivity index (χ4n) is 3.40. The lowest BCUT2D eigenvalue weighted by Gasteiger charge is -2.14. The van der Waals surface area contributed by atoms with Gasteiger partial charge in [0.2, 0.25) is 0 Å². The molecule has 4 rings (SSSR count). The number of aromatic nitrogens is 4. The Morgan fingerprint density at radius 2 is 2.20 bits per heavy atom. The zero-order valence-corrected chi connectivity index (χ0v) is 14.0. The summed E-state index contributed by atoms with van der Waals surface area (Å²) in [5, 5.41) is 14.0. The van der Waals surface area contributed by atoms with Crippen LogP contribution in [-0.4, -0.2) is 55.3 Å². The molecule has 3 aromatic heterocycles. The van der Waals surface area contributed by atoms with E-state index >= 15 is 0 Å². The SMILES string of the molecule is Nc1nn2cc(CCCN3CC[C@@H](O)C3)cnc2c1-c1ccccn1. The van der Waals surface area contributed by atoms with Gasteiger partial charge in [0.1, 0.15) is 0 Å². The molecule has 25 heavy (non-hydrogen) atoms. The third-order valence-electron chi connectivity index (χ3n) is 4.66. The lowest BCUT2D eigenvalue weighted by molar-refractivity contribution is 0.176. The van der Waals surface area contributed by atoms with Crippen LogP contribution in [0.1, 0.15) is 18.4 Å². The minimum Gasteiger partial charge on any atom is -0.392 e. The summed E-state index contributed by atoms with van der Waals surface area (Å²) in [4.78, 5) is 11.2. The Labute approximate surface area is 146 Å². The summed E-state index contributed by atoms with van der Waals surface area (Å²) in [7, 11) is 0. The van der Waals surface area contributed by atoms with Crippen molar-refractivity contribution >= 4 is 11.5 Å². The summed E-state index contributed by atoms with van der Waals surface area (Å²) in [5.74, 6) is 0.439. The number of aryl methyl sites for hydroxylation is 1. The largest absolute Gasteiger partial charge is 0.392 e. The molecule has 1 atom stereocenters. The second-order valence-electron chi connectivity index (χ2n) is 6.55. The average Bonchev–Trinajstić information content (AvgIpc) is 3.17. The standard InChI is InChI=1S/C18H22N6O/c19-17-16(15-5-1-2-7-20-15)18-21-10-13(11-24(18)22-17)4-3-8-23-9-6-14(25)12-23/h1-2,5,7,10-11,14,25H,3-4,6,8-9,12H2,(H2,19,22)/t14-/m1/s1. The first-order valence-corrected chi connectivity index (χ1v) is 8.65. The van der Waals surface area contributed by atoms with Gasteiger partial charge in [-0.25, -0.2) is 9.50 Å². The van der Waals surface area contributed by atoms with Crippen LogP contribution >= 0.6 is 0 Å². The lowest BCUT2D eigenvalue weighted by atomic mass is 10.1. The van der Waals surface area contributed by atoms with Crippen LogP contribution in [0, 0.1) is 0 Å². The van der Waals surface area contributed by atoms with Gasteiger partial charge in [-0.15, -0.1) is 5.10 Å². The van der Waals surface area contributed by atoms with Gasteiger partial charge >= 0.3 is 0 Å². The van der Waals surface area contributed by atoms with Crippen LogP contribution in [0.15, 0.2) is 36.8 Å². The zero-order chi connectivity index (χ0) is 17.2. The molecular weight excluding hydrogens is 316 g/mol. The van der Waals surface area contributed by atoms with Crippen molar-refractivity contribution in [3.63, 3.8) is 0 Å². The highest BCUT2D eigenvalue weighted by Crippen LogP contribution is 2.27. The molecule has 130 valence electrons. The molecule has 4 heterocycles. The topological polar surface area (TPSA) is 92.6 Å². The Morgan fingerprint density at radius 3 is 2.96 bits per heavy atom. The maximum atomic E-state index is 9.58. The Morgan fingerprint density at radius 1 is 1.28 bits per heavy atom. The first kappa shape index (κ1) is 16.0. The van der Waals surface area contributed by atoms with Crippen LogP contribution in [0.2, 0.25) is 0 Å². The van der Waals surface area contributed by atoms with Gasteiger partial charge < -0.3 is 15.7 Å². The van der Waals surface area contributed by atoms with Crippen molar-refractivity contribution in [2.24, 2.45) is 0 Å². The molecule has 0 amide bonds. The summed E-state index contributed by atoms with van der Waals surface area (Å²) >= 11 is 0. The number of nitrogens with two attached hydrogens (primary N) is 1. The lowest BCUT2D eigenvalue weighted by Crippen LogP contribution is -2.23. The van der Waals surface area contributed by atoms with Gasteiger partial charge in [-0.05, 0) is 43.5 Å². The molecule has 7 heteroatoms. The fourth-order valence-corrected chi connectivity index (χ4v) is 3.40. The molecule has 0 spiro atoms. The third-order valence-corrected chi connectivity index (χ3v) is 4.66.